The summed E-state index contributed by atoms with van der Waals surface area (Å²) >= 11 is 0. The summed E-state index contributed by atoms with van der Waals surface area (Å²) in [5.41, 5.74) is 2.77. The van der Waals surface area contributed by atoms with Crippen LogP contribution in [0.5, 0.6) is 0 Å². The second kappa shape index (κ2) is 7.98. The average Bonchev–Trinajstić information content (AvgIpc) is 3.01. The maximum absolute atomic E-state index is 13.3. The fourth-order valence-electron chi connectivity index (χ4n) is 3.46. The molecule has 3 rings (SSSR count). The molecule has 0 unspecified atom stereocenters. The van der Waals surface area contributed by atoms with Gasteiger partial charge in [0.15, 0.2) is 0 Å². The Kier molecular flexibility index (Phi) is 5.83. The number of aliphatic hydroxyl groups is 1. The van der Waals surface area contributed by atoms with E-state index in [4.69, 9.17) is 0 Å². The summed E-state index contributed by atoms with van der Waals surface area (Å²) < 4.78 is 25.5. The van der Waals surface area contributed by atoms with Crippen LogP contribution in [-0.4, -0.2) is 72.7 Å². The predicted molar refractivity (Wildman–Crippen MR) is 107 cm³/mol. The lowest BCUT2D eigenvalue weighted by Crippen LogP contribution is -2.34. The Morgan fingerprint density at radius 1 is 1.21 bits per heavy atom. The average molecular weight is 404 g/mol. The van der Waals surface area contributed by atoms with Crippen molar-refractivity contribution >= 4 is 15.9 Å². The van der Waals surface area contributed by atoms with Crippen LogP contribution in [0.3, 0.4) is 0 Å². The zero-order valence-electron chi connectivity index (χ0n) is 16.2. The van der Waals surface area contributed by atoms with Crippen LogP contribution in [0, 0.1) is 12.8 Å². The number of pyridine rings is 1. The van der Waals surface area contributed by atoms with Gasteiger partial charge in [0.05, 0.1) is 23.1 Å². The molecule has 0 saturated carbocycles. The Bertz CT molecular complexity index is 961. The van der Waals surface area contributed by atoms with Crippen molar-refractivity contribution in [2.45, 2.75) is 13.0 Å². The molecule has 7 nitrogen and oxygen atoms in total. The molecule has 1 aromatic carbocycles. The highest BCUT2D eigenvalue weighted by atomic mass is 32.2. The summed E-state index contributed by atoms with van der Waals surface area (Å²) in [6, 6.07) is 11.4. The zero-order valence-corrected chi connectivity index (χ0v) is 17.1. The van der Waals surface area contributed by atoms with E-state index in [1.807, 2.05) is 30.3 Å². The minimum atomic E-state index is -3.46. The van der Waals surface area contributed by atoms with E-state index < -0.39 is 22.0 Å². The summed E-state index contributed by atoms with van der Waals surface area (Å²) in [6.45, 7) is 2.07. The third-order valence-electron chi connectivity index (χ3n) is 5.11. The molecule has 0 spiro atoms. The van der Waals surface area contributed by atoms with Crippen LogP contribution in [0.25, 0.3) is 11.1 Å². The number of likely N-dealkylation sites (tertiary alicyclic amines) is 1. The molecule has 2 aromatic rings. The molecule has 8 heteroatoms. The third-order valence-corrected chi connectivity index (χ3v) is 7.08. The first-order valence-electron chi connectivity index (χ1n) is 9.09. The summed E-state index contributed by atoms with van der Waals surface area (Å²) in [4.78, 5) is 19.1. The van der Waals surface area contributed by atoms with Crippen molar-refractivity contribution in [3.05, 3.63) is 53.9 Å². The second-order valence-corrected chi connectivity index (χ2v) is 9.51. The highest BCUT2D eigenvalue weighted by Crippen LogP contribution is 2.29. The largest absolute Gasteiger partial charge is 0.391 e. The third kappa shape index (κ3) is 4.09. The van der Waals surface area contributed by atoms with E-state index >= 15 is 0 Å². The number of rotatable bonds is 5. The fourth-order valence-corrected chi connectivity index (χ4v) is 4.62. The van der Waals surface area contributed by atoms with Gasteiger partial charge in [-0.25, -0.2) is 12.7 Å². The lowest BCUT2D eigenvalue weighted by Gasteiger charge is -2.20. The van der Waals surface area contributed by atoms with Gasteiger partial charge in [0.1, 0.15) is 0 Å². The van der Waals surface area contributed by atoms with Crippen LogP contribution < -0.4 is 0 Å². The Balaban J connectivity index is 1.88. The molecule has 0 aliphatic carbocycles. The van der Waals surface area contributed by atoms with Crippen molar-refractivity contribution in [1.82, 2.24) is 14.2 Å². The lowest BCUT2D eigenvalue weighted by atomic mass is 9.98. The summed E-state index contributed by atoms with van der Waals surface area (Å²) in [7, 11) is -0.539. The number of aromatic nitrogens is 1. The monoisotopic (exact) mass is 403 g/mol. The first-order valence-corrected chi connectivity index (χ1v) is 10.7. The topological polar surface area (TPSA) is 90.8 Å². The number of carbonyl (C=O) groups is 1. The van der Waals surface area contributed by atoms with Crippen molar-refractivity contribution < 1.29 is 18.3 Å². The van der Waals surface area contributed by atoms with Crippen molar-refractivity contribution in [2.75, 3.05) is 32.9 Å². The molecule has 1 aliphatic heterocycles. The van der Waals surface area contributed by atoms with Gasteiger partial charge in [0.2, 0.25) is 10.0 Å². The van der Waals surface area contributed by atoms with Gasteiger partial charge < -0.3 is 10.0 Å². The van der Waals surface area contributed by atoms with E-state index in [9.17, 15) is 18.3 Å². The molecule has 2 heterocycles. The predicted octanol–water partition coefficient (Wildman–Crippen LogP) is 1.38. The molecular formula is C20H25N3O4S. The van der Waals surface area contributed by atoms with Gasteiger partial charge in [0.25, 0.3) is 5.91 Å². The molecule has 2 atom stereocenters. The van der Waals surface area contributed by atoms with Crippen LogP contribution in [0.1, 0.15) is 16.1 Å². The number of benzene rings is 1. The normalized spacial score (nSPS) is 20.0. The van der Waals surface area contributed by atoms with Gasteiger partial charge in [-0.2, -0.15) is 0 Å². The SMILES string of the molecule is Cc1nccc(-c2ccccc2)c1C(=O)N1C[C@@H](CS(=O)(=O)N(C)C)[C@@H](O)C1. The molecule has 150 valence electrons. The van der Waals surface area contributed by atoms with Crippen LogP contribution in [0.4, 0.5) is 0 Å². The number of sulfonamides is 1. The standard InChI is InChI=1S/C20H25N3O4S/c1-14-19(17(9-10-21-14)15-7-5-4-6-8-15)20(25)23-11-16(18(24)12-23)13-28(26,27)22(2)3/h4-10,16,18,24H,11-13H2,1-3H3/t16-,18-/m0/s1. The molecule has 1 fully saturated rings. The molecule has 1 saturated heterocycles. The number of hydrogen-bond donors (Lipinski definition) is 1. The Morgan fingerprint density at radius 2 is 1.89 bits per heavy atom. The Hall–Kier alpha value is -2.29. The smallest absolute Gasteiger partial charge is 0.256 e. The lowest BCUT2D eigenvalue weighted by molar-refractivity contribution is 0.0764. The Morgan fingerprint density at radius 3 is 2.54 bits per heavy atom. The summed E-state index contributed by atoms with van der Waals surface area (Å²) in [5, 5.41) is 10.4. The zero-order chi connectivity index (χ0) is 20.5. The first-order chi connectivity index (χ1) is 13.2. The first kappa shape index (κ1) is 20.4. The number of amides is 1. The number of hydrogen-bond acceptors (Lipinski definition) is 5. The molecule has 0 bridgehead atoms. The molecule has 1 aromatic heterocycles. The maximum Gasteiger partial charge on any atom is 0.256 e. The van der Waals surface area contributed by atoms with Crippen LogP contribution in [0.15, 0.2) is 42.6 Å². The number of β-amino-alcohol motifs (C(OH)–C–C–N with tert-alkyl or cyclic N) is 1. The number of aryl methyl sites for hydroxylation is 1. The number of aliphatic hydroxyl groups excluding tert-OH is 1. The Labute approximate surface area is 165 Å². The van der Waals surface area contributed by atoms with E-state index in [1.165, 1.54) is 19.0 Å². The van der Waals surface area contributed by atoms with Gasteiger partial charge in [-0.05, 0) is 24.1 Å². The molecule has 0 radical (unpaired) electrons. The maximum atomic E-state index is 13.3. The summed E-state index contributed by atoms with van der Waals surface area (Å²) in [5.74, 6) is -0.954. The van der Waals surface area contributed by atoms with Crippen molar-refractivity contribution in [3.8, 4) is 11.1 Å². The van der Waals surface area contributed by atoms with Crippen molar-refractivity contribution in [2.24, 2.45) is 5.92 Å². The minimum absolute atomic E-state index is 0.106. The van der Waals surface area contributed by atoms with Gasteiger partial charge >= 0.3 is 0 Å². The van der Waals surface area contributed by atoms with Gasteiger partial charge in [0, 0.05) is 39.3 Å². The van der Waals surface area contributed by atoms with E-state index in [2.05, 4.69) is 4.98 Å². The van der Waals surface area contributed by atoms with Crippen LogP contribution in [-0.2, 0) is 10.0 Å². The molecular weight excluding hydrogens is 378 g/mol. The second-order valence-electron chi connectivity index (χ2n) is 7.28. The highest BCUT2D eigenvalue weighted by molar-refractivity contribution is 7.89. The van der Waals surface area contributed by atoms with Crippen LogP contribution in [0.2, 0.25) is 0 Å². The number of carbonyl (C=O) groups excluding carboxylic acids is 1. The highest BCUT2D eigenvalue weighted by Gasteiger charge is 2.38. The molecule has 1 aliphatic rings. The van der Waals surface area contributed by atoms with Crippen molar-refractivity contribution in [3.63, 3.8) is 0 Å². The molecule has 1 N–H and O–H groups in total. The van der Waals surface area contributed by atoms with Gasteiger partial charge in [-0.3, -0.25) is 9.78 Å². The fraction of sp³-hybridized carbons (Fsp3) is 0.400. The minimum Gasteiger partial charge on any atom is -0.391 e. The quantitative estimate of drug-likeness (QED) is 0.815. The van der Waals surface area contributed by atoms with E-state index in [-0.39, 0.29) is 24.7 Å². The van der Waals surface area contributed by atoms with E-state index in [0.717, 1.165) is 15.4 Å². The summed E-state index contributed by atoms with van der Waals surface area (Å²) in [6.07, 6.45) is 0.788. The van der Waals surface area contributed by atoms with Crippen molar-refractivity contribution in [1.29, 1.82) is 0 Å². The molecule has 1 amide bonds. The van der Waals surface area contributed by atoms with Crippen LogP contribution >= 0.6 is 0 Å². The van der Waals surface area contributed by atoms with E-state index in [0.29, 0.717) is 11.3 Å². The molecule has 28 heavy (non-hydrogen) atoms. The van der Waals surface area contributed by atoms with Gasteiger partial charge in [-0.1, -0.05) is 30.3 Å². The van der Waals surface area contributed by atoms with Gasteiger partial charge in [-0.15, -0.1) is 0 Å². The van der Waals surface area contributed by atoms with E-state index in [1.54, 1.807) is 19.2 Å². The number of nitrogens with zero attached hydrogens (tertiary/aromatic N) is 3.